The molecule has 0 aliphatic carbocycles. The van der Waals surface area contributed by atoms with Gasteiger partial charge in [0.05, 0.1) is 6.26 Å². The minimum atomic E-state index is -0.543. The topological polar surface area (TPSA) is 45.4 Å². The molecular weight excluding hydrogens is 226 g/mol. The van der Waals surface area contributed by atoms with E-state index in [9.17, 15) is 5.11 Å². The number of aliphatic hydroxyl groups excluding tert-OH is 1. The van der Waals surface area contributed by atoms with Crippen LogP contribution in [-0.2, 0) is 6.54 Å². The number of nitrogens with one attached hydrogen (secondary N) is 1. The molecule has 1 aromatic carbocycles. The van der Waals surface area contributed by atoms with Crippen LogP contribution in [0.5, 0.6) is 0 Å². The number of hydrogen-bond acceptors (Lipinski definition) is 3. The van der Waals surface area contributed by atoms with Gasteiger partial charge in [0.2, 0.25) is 0 Å². The van der Waals surface area contributed by atoms with Crippen LogP contribution in [0.1, 0.15) is 30.8 Å². The van der Waals surface area contributed by atoms with Crippen molar-refractivity contribution < 1.29 is 9.52 Å². The van der Waals surface area contributed by atoms with Gasteiger partial charge in [-0.15, -0.1) is 0 Å². The summed E-state index contributed by atoms with van der Waals surface area (Å²) in [4.78, 5) is 0. The van der Waals surface area contributed by atoms with Gasteiger partial charge in [0.15, 0.2) is 0 Å². The van der Waals surface area contributed by atoms with Crippen LogP contribution in [0.2, 0.25) is 0 Å². The summed E-state index contributed by atoms with van der Waals surface area (Å²) in [6.07, 6.45) is 1.68. The first-order chi connectivity index (χ1) is 8.75. The van der Waals surface area contributed by atoms with Gasteiger partial charge in [-0.3, -0.25) is 0 Å². The molecule has 1 aromatic heterocycles. The smallest absolute Gasteiger partial charge is 0.132 e. The second-order valence-electron chi connectivity index (χ2n) is 4.53. The summed E-state index contributed by atoms with van der Waals surface area (Å²) in [7, 11) is 0. The molecular formula is C15H19NO2. The van der Waals surface area contributed by atoms with Crippen molar-refractivity contribution in [3.05, 3.63) is 60.1 Å². The third kappa shape index (κ3) is 3.72. The van der Waals surface area contributed by atoms with Crippen molar-refractivity contribution in [1.82, 2.24) is 5.32 Å². The lowest BCUT2D eigenvalue weighted by Gasteiger charge is -2.16. The summed E-state index contributed by atoms with van der Waals surface area (Å²) in [5.41, 5.74) is 1.25. The Labute approximate surface area is 107 Å². The molecule has 0 spiro atoms. The van der Waals surface area contributed by atoms with Crippen LogP contribution in [0.25, 0.3) is 0 Å². The fourth-order valence-electron chi connectivity index (χ4n) is 1.90. The Bertz CT molecular complexity index is 439. The lowest BCUT2D eigenvalue weighted by atomic mass is 10.1. The lowest BCUT2D eigenvalue weighted by Crippen LogP contribution is -2.27. The van der Waals surface area contributed by atoms with Crippen molar-refractivity contribution >= 4 is 0 Å². The molecule has 3 heteroatoms. The molecule has 2 atom stereocenters. The van der Waals surface area contributed by atoms with Gasteiger partial charge in [0.1, 0.15) is 11.9 Å². The first-order valence-corrected chi connectivity index (χ1v) is 6.24. The van der Waals surface area contributed by atoms with Crippen molar-refractivity contribution in [3.8, 4) is 0 Å². The lowest BCUT2D eigenvalue weighted by molar-refractivity contribution is 0.128. The highest BCUT2D eigenvalue weighted by Crippen LogP contribution is 2.18. The molecule has 0 amide bonds. The van der Waals surface area contributed by atoms with Gasteiger partial charge in [0.25, 0.3) is 0 Å². The normalized spacial score (nSPS) is 14.3. The number of aliphatic hydroxyl groups is 1. The standard InChI is InChI=1S/C15H19NO2/c1-12(10-14(17)15-8-5-9-18-15)16-11-13-6-3-2-4-7-13/h2-9,12,14,16-17H,10-11H2,1H3. The fourth-order valence-corrected chi connectivity index (χ4v) is 1.90. The summed E-state index contributed by atoms with van der Waals surface area (Å²) >= 11 is 0. The van der Waals surface area contributed by atoms with E-state index in [0.29, 0.717) is 12.2 Å². The second kappa shape index (κ2) is 6.38. The Morgan fingerprint density at radius 2 is 1.94 bits per heavy atom. The third-order valence-corrected chi connectivity index (χ3v) is 2.95. The van der Waals surface area contributed by atoms with Gasteiger partial charge < -0.3 is 14.8 Å². The van der Waals surface area contributed by atoms with Crippen LogP contribution in [0.3, 0.4) is 0 Å². The number of hydrogen-bond donors (Lipinski definition) is 2. The number of benzene rings is 1. The first-order valence-electron chi connectivity index (χ1n) is 6.24. The van der Waals surface area contributed by atoms with Crippen molar-refractivity contribution in [3.63, 3.8) is 0 Å². The molecule has 2 aromatic rings. The van der Waals surface area contributed by atoms with Gasteiger partial charge in [-0.2, -0.15) is 0 Å². The fraction of sp³-hybridized carbons (Fsp3) is 0.333. The minimum absolute atomic E-state index is 0.227. The van der Waals surface area contributed by atoms with Gasteiger partial charge in [-0.05, 0) is 31.0 Å². The maximum Gasteiger partial charge on any atom is 0.132 e. The quantitative estimate of drug-likeness (QED) is 0.822. The SMILES string of the molecule is CC(CC(O)c1ccco1)NCc1ccccc1. The van der Waals surface area contributed by atoms with Gasteiger partial charge in [-0.1, -0.05) is 30.3 Å². The molecule has 0 saturated carbocycles. The Hall–Kier alpha value is -1.58. The predicted molar refractivity (Wildman–Crippen MR) is 71.0 cm³/mol. The first kappa shape index (κ1) is 12.9. The van der Waals surface area contributed by atoms with E-state index in [1.54, 1.807) is 18.4 Å². The molecule has 96 valence electrons. The molecule has 1 heterocycles. The largest absolute Gasteiger partial charge is 0.467 e. The van der Waals surface area contributed by atoms with E-state index in [0.717, 1.165) is 6.54 Å². The van der Waals surface area contributed by atoms with Gasteiger partial charge in [-0.25, -0.2) is 0 Å². The van der Waals surface area contributed by atoms with Crippen LogP contribution < -0.4 is 5.32 Å². The highest BCUT2D eigenvalue weighted by atomic mass is 16.4. The van der Waals surface area contributed by atoms with Crippen LogP contribution in [-0.4, -0.2) is 11.1 Å². The highest BCUT2D eigenvalue weighted by molar-refractivity contribution is 5.14. The average Bonchev–Trinajstić information content (AvgIpc) is 2.91. The van der Waals surface area contributed by atoms with Crippen molar-refractivity contribution in [2.45, 2.75) is 32.0 Å². The minimum Gasteiger partial charge on any atom is -0.467 e. The zero-order valence-electron chi connectivity index (χ0n) is 10.5. The van der Waals surface area contributed by atoms with Crippen LogP contribution in [0.15, 0.2) is 53.1 Å². The molecule has 2 unspecified atom stereocenters. The molecule has 0 aliphatic rings. The zero-order valence-corrected chi connectivity index (χ0v) is 10.5. The van der Waals surface area contributed by atoms with Crippen molar-refractivity contribution in [2.75, 3.05) is 0 Å². The average molecular weight is 245 g/mol. The summed E-state index contributed by atoms with van der Waals surface area (Å²) < 4.78 is 5.18. The highest BCUT2D eigenvalue weighted by Gasteiger charge is 2.14. The van der Waals surface area contributed by atoms with E-state index in [-0.39, 0.29) is 6.04 Å². The van der Waals surface area contributed by atoms with E-state index >= 15 is 0 Å². The zero-order chi connectivity index (χ0) is 12.8. The van der Waals surface area contributed by atoms with E-state index in [1.165, 1.54) is 5.56 Å². The third-order valence-electron chi connectivity index (χ3n) is 2.95. The number of furan rings is 1. The van der Waals surface area contributed by atoms with Crippen molar-refractivity contribution in [1.29, 1.82) is 0 Å². The maximum absolute atomic E-state index is 9.94. The molecule has 0 aliphatic heterocycles. The van der Waals surface area contributed by atoms with E-state index in [2.05, 4.69) is 24.4 Å². The van der Waals surface area contributed by atoms with Crippen molar-refractivity contribution in [2.24, 2.45) is 0 Å². The summed E-state index contributed by atoms with van der Waals surface area (Å²) in [6.45, 7) is 2.88. The molecule has 2 N–H and O–H groups in total. The molecule has 18 heavy (non-hydrogen) atoms. The van der Waals surface area contributed by atoms with E-state index in [1.807, 2.05) is 18.2 Å². The molecule has 0 radical (unpaired) electrons. The summed E-state index contributed by atoms with van der Waals surface area (Å²) in [5, 5.41) is 13.3. The van der Waals surface area contributed by atoms with Crippen LogP contribution in [0.4, 0.5) is 0 Å². The predicted octanol–water partition coefficient (Wildman–Crippen LogP) is 2.88. The molecule has 2 rings (SSSR count). The Balaban J connectivity index is 1.77. The summed E-state index contributed by atoms with van der Waals surface area (Å²) in [5.74, 6) is 0.628. The Morgan fingerprint density at radius 1 is 1.17 bits per heavy atom. The molecule has 0 saturated heterocycles. The maximum atomic E-state index is 9.94. The monoisotopic (exact) mass is 245 g/mol. The Morgan fingerprint density at radius 3 is 2.61 bits per heavy atom. The van der Waals surface area contributed by atoms with Gasteiger partial charge >= 0.3 is 0 Å². The van der Waals surface area contributed by atoms with Gasteiger partial charge in [0, 0.05) is 12.6 Å². The Kier molecular flexibility index (Phi) is 4.56. The molecule has 0 bridgehead atoms. The van der Waals surface area contributed by atoms with Crippen LogP contribution >= 0.6 is 0 Å². The molecule has 0 fully saturated rings. The van der Waals surface area contributed by atoms with E-state index < -0.39 is 6.10 Å². The summed E-state index contributed by atoms with van der Waals surface area (Å²) in [6, 6.07) is 14.1. The molecule has 3 nitrogen and oxygen atoms in total. The second-order valence-corrected chi connectivity index (χ2v) is 4.53. The number of rotatable bonds is 6. The van der Waals surface area contributed by atoms with E-state index in [4.69, 9.17) is 4.42 Å². The van der Waals surface area contributed by atoms with Crippen LogP contribution in [0, 0.1) is 0 Å².